The third-order valence-electron chi connectivity index (χ3n) is 6.71. The lowest BCUT2D eigenvalue weighted by Gasteiger charge is -2.43. The standard InChI is InChI=1S/C29H31N3O4/c1-3-4-6-15-28(33)30-21(2)20-27(25-13-9-10-14-26(25)30)31(29(34)22-11-7-5-8-12-22)23-16-18-24(19-17-23)32(35)36/h5,7-14,16-19,21,27H,3-4,6,15,20H2,1-2H3/t21-,27-/m0/s1. The van der Waals surface area contributed by atoms with Crippen molar-refractivity contribution < 1.29 is 14.5 Å². The van der Waals surface area contributed by atoms with Gasteiger partial charge in [-0.15, -0.1) is 0 Å². The van der Waals surface area contributed by atoms with Crippen LogP contribution in [0, 0.1) is 10.1 Å². The van der Waals surface area contributed by atoms with Crippen molar-refractivity contribution in [2.24, 2.45) is 0 Å². The highest BCUT2D eigenvalue weighted by Crippen LogP contribution is 2.43. The van der Waals surface area contributed by atoms with Gasteiger partial charge >= 0.3 is 0 Å². The number of non-ortho nitro benzene ring substituents is 1. The Morgan fingerprint density at radius 3 is 2.31 bits per heavy atom. The summed E-state index contributed by atoms with van der Waals surface area (Å²) in [6, 6.07) is 22.4. The van der Waals surface area contributed by atoms with Crippen LogP contribution in [0.5, 0.6) is 0 Å². The molecule has 1 heterocycles. The Labute approximate surface area is 211 Å². The van der Waals surface area contributed by atoms with Crippen LogP contribution in [-0.2, 0) is 4.79 Å². The second-order valence-corrected chi connectivity index (χ2v) is 9.19. The number of rotatable bonds is 8. The number of carbonyl (C=O) groups excluding carboxylic acids is 2. The van der Waals surface area contributed by atoms with Crippen LogP contribution in [0.1, 0.15) is 67.9 Å². The first-order chi connectivity index (χ1) is 17.4. The molecule has 36 heavy (non-hydrogen) atoms. The molecule has 0 fully saturated rings. The van der Waals surface area contributed by atoms with E-state index in [1.165, 1.54) is 12.1 Å². The normalized spacial score (nSPS) is 16.8. The average molecular weight is 486 g/mol. The van der Waals surface area contributed by atoms with Crippen molar-refractivity contribution in [1.82, 2.24) is 0 Å². The van der Waals surface area contributed by atoms with Gasteiger partial charge in [0, 0.05) is 41.5 Å². The molecule has 186 valence electrons. The van der Waals surface area contributed by atoms with Crippen LogP contribution < -0.4 is 9.80 Å². The largest absolute Gasteiger partial charge is 0.309 e. The Kier molecular flexibility index (Phi) is 7.78. The SMILES string of the molecule is CCCCCC(=O)N1c2ccccc2[C@@H](N(C(=O)c2ccccc2)c2ccc([N+](=O)[O-])cc2)C[C@@H]1C. The minimum Gasteiger partial charge on any atom is -0.309 e. The summed E-state index contributed by atoms with van der Waals surface area (Å²) >= 11 is 0. The topological polar surface area (TPSA) is 83.8 Å². The van der Waals surface area contributed by atoms with Gasteiger partial charge in [-0.3, -0.25) is 19.7 Å². The maximum Gasteiger partial charge on any atom is 0.269 e. The Hall–Kier alpha value is -4.00. The lowest BCUT2D eigenvalue weighted by molar-refractivity contribution is -0.384. The fourth-order valence-corrected chi connectivity index (χ4v) is 4.95. The molecule has 2 amide bonds. The molecule has 4 rings (SSSR count). The summed E-state index contributed by atoms with van der Waals surface area (Å²) in [5.74, 6) is -0.0997. The number of hydrogen-bond acceptors (Lipinski definition) is 4. The minimum atomic E-state index is -0.451. The predicted octanol–water partition coefficient (Wildman–Crippen LogP) is 6.69. The number of unbranched alkanes of at least 4 members (excludes halogenated alkanes) is 2. The van der Waals surface area contributed by atoms with E-state index in [4.69, 9.17) is 0 Å². The van der Waals surface area contributed by atoms with E-state index in [2.05, 4.69) is 6.92 Å². The molecule has 0 unspecified atom stereocenters. The second kappa shape index (κ2) is 11.2. The summed E-state index contributed by atoms with van der Waals surface area (Å²) in [4.78, 5) is 41.5. The van der Waals surface area contributed by atoms with Gasteiger partial charge in [-0.25, -0.2) is 0 Å². The minimum absolute atomic E-state index is 0.0351. The molecule has 0 bridgehead atoms. The molecule has 0 N–H and O–H groups in total. The van der Waals surface area contributed by atoms with E-state index in [0.717, 1.165) is 30.5 Å². The summed E-state index contributed by atoms with van der Waals surface area (Å²) in [6.07, 6.45) is 3.95. The quantitative estimate of drug-likeness (QED) is 0.202. The van der Waals surface area contributed by atoms with E-state index >= 15 is 0 Å². The van der Waals surface area contributed by atoms with Crippen LogP contribution >= 0.6 is 0 Å². The second-order valence-electron chi connectivity index (χ2n) is 9.19. The van der Waals surface area contributed by atoms with Gasteiger partial charge in [-0.2, -0.15) is 0 Å². The van der Waals surface area contributed by atoms with Gasteiger partial charge in [-0.05, 0) is 55.7 Å². The zero-order valence-electron chi connectivity index (χ0n) is 20.7. The zero-order chi connectivity index (χ0) is 25.7. The van der Waals surface area contributed by atoms with Gasteiger partial charge in [0.25, 0.3) is 11.6 Å². The van der Waals surface area contributed by atoms with Crippen LogP contribution in [0.15, 0.2) is 78.9 Å². The molecule has 0 saturated carbocycles. The number of benzene rings is 3. The van der Waals surface area contributed by atoms with Gasteiger partial charge in [0.1, 0.15) is 0 Å². The smallest absolute Gasteiger partial charge is 0.269 e. The molecule has 0 saturated heterocycles. The summed E-state index contributed by atoms with van der Waals surface area (Å²) < 4.78 is 0. The van der Waals surface area contributed by atoms with Crippen molar-refractivity contribution in [2.45, 2.75) is 58.0 Å². The number of nitrogens with zero attached hydrogens (tertiary/aromatic N) is 3. The van der Waals surface area contributed by atoms with Gasteiger partial charge in [0.15, 0.2) is 0 Å². The van der Waals surface area contributed by atoms with Crippen molar-refractivity contribution in [3.05, 3.63) is 100 Å². The van der Waals surface area contributed by atoms with E-state index in [1.54, 1.807) is 29.2 Å². The van der Waals surface area contributed by atoms with E-state index in [1.807, 2.05) is 54.3 Å². The third-order valence-corrected chi connectivity index (χ3v) is 6.71. The van der Waals surface area contributed by atoms with Crippen LogP contribution in [-0.4, -0.2) is 22.8 Å². The summed E-state index contributed by atoms with van der Waals surface area (Å²) in [6.45, 7) is 4.13. The fraction of sp³-hybridized carbons (Fsp3) is 0.310. The lowest BCUT2D eigenvalue weighted by atomic mass is 9.89. The number of para-hydroxylation sites is 1. The molecule has 7 heteroatoms. The first-order valence-corrected chi connectivity index (χ1v) is 12.5. The summed E-state index contributed by atoms with van der Waals surface area (Å²) in [5.41, 5.74) is 2.77. The van der Waals surface area contributed by atoms with Crippen LogP contribution in [0.4, 0.5) is 17.1 Å². The van der Waals surface area contributed by atoms with Crippen molar-refractivity contribution in [3.63, 3.8) is 0 Å². The number of carbonyl (C=O) groups is 2. The van der Waals surface area contributed by atoms with Crippen molar-refractivity contribution in [2.75, 3.05) is 9.80 Å². The molecule has 7 nitrogen and oxygen atoms in total. The Balaban J connectivity index is 1.78. The molecule has 0 radical (unpaired) electrons. The molecule has 0 spiro atoms. The third kappa shape index (κ3) is 5.15. The van der Waals surface area contributed by atoms with Gasteiger partial charge < -0.3 is 9.80 Å². The van der Waals surface area contributed by atoms with Crippen molar-refractivity contribution >= 4 is 28.9 Å². The monoisotopic (exact) mass is 485 g/mol. The molecule has 1 aliphatic heterocycles. The van der Waals surface area contributed by atoms with Crippen LogP contribution in [0.25, 0.3) is 0 Å². The predicted molar refractivity (Wildman–Crippen MR) is 141 cm³/mol. The highest BCUT2D eigenvalue weighted by molar-refractivity contribution is 6.07. The maximum absolute atomic E-state index is 13.9. The Morgan fingerprint density at radius 2 is 1.64 bits per heavy atom. The number of nitro benzene ring substituents is 1. The number of nitro groups is 1. The van der Waals surface area contributed by atoms with E-state index in [0.29, 0.717) is 24.1 Å². The van der Waals surface area contributed by atoms with Crippen LogP contribution in [0.3, 0.4) is 0 Å². The van der Waals surface area contributed by atoms with E-state index < -0.39 is 4.92 Å². The zero-order valence-corrected chi connectivity index (χ0v) is 20.7. The molecular formula is C29H31N3O4. The summed E-state index contributed by atoms with van der Waals surface area (Å²) in [7, 11) is 0. The number of hydrogen-bond donors (Lipinski definition) is 0. The van der Waals surface area contributed by atoms with Gasteiger partial charge in [0.2, 0.25) is 5.91 Å². The highest BCUT2D eigenvalue weighted by atomic mass is 16.6. The molecular weight excluding hydrogens is 454 g/mol. The highest BCUT2D eigenvalue weighted by Gasteiger charge is 2.38. The van der Waals surface area contributed by atoms with Crippen molar-refractivity contribution in [3.8, 4) is 0 Å². The van der Waals surface area contributed by atoms with Crippen molar-refractivity contribution in [1.29, 1.82) is 0 Å². The fourth-order valence-electron chi connectivity index (χ4n) is 4.95. The Morgan fingerprint density at radius 1 is 0.972 bits per heavy atom. The summed E-state index contributed by atoms with van der Waals surface area (Å²) in [5, 5.41) is 11.2. The van der Waals surface area contributed by atoms with Gasteiger partial charge in [0.05, 0.1) is 11.0 Å². The maximum atomic E-state index is 13.9. The van der Waals surface area contributed by atoms with Gasteiger partial charge in [-0.1, -0.05) is 56.2 Å². The van der Waals surface area contributed by atoms with Crippen LogP contribution in [0.2, 0.25) is 0 Å². The van der Waals surface area contributed by atoms with E-state index in [-0.39, 0.29) is 29.6 Å². The molecule has 0 aliphatic carbocycles. The molecule has 3 aromatic carbocycles. The first-order valence-electron chi connectivity index (χ1n) is 12.5. The molecule has 2 atom stereocenters. The number of amides is 2. The molecule has 0 aromatic heterocycles. The average Bonchev–Trinajstić information content (AvgIpc) is 2.89. The number of anilines is 2. The van der Waals surface area contributed by atoms with E-state index in [9.17, 15) is 19.7 Å². The Bertz CT molecular complexity index is 1230. The number of fused-ring (bicyclic) bond motifs is 1. The molecule has 3 aromatic rings. The lowest BCUT2D eigenvalue weighted by Crippen LogP contribution is -2.47. The first kappa shape index (κ1) is 25.1. The molecule has 1 aliphatic rings.